The molecule has 170 valence electrons. The third kappa shape index (κ3) is 5.62. The van der Waals surface area contributed by atoms with Crippen LogP contribution in [0.15, 0.2) is 29.2 Å². The molecule has 6 nitrogen and oxygen atoms in total. The molecule has 3 N–H and O–H groups in total. The van der Waals surface area contributed by atoms with Crippen molar-refractivity contribution in [3.63, 3.8) is 0 Å². The Morgan fingerprint density at radius 3 is 2.58 bits per heavy atom. The Morgan fingerprint density at radius 2 is 1.90 bits per heavy atom. The number of nitrogens with zero attached hydrogens (tertiary/aromatic N) is 1. The quantitative estimate of drug-likeness (QED) is 0.596. The number of piperidine rings is 1. The minimum atomic E-state index is -0.463. The van der Waals surface area contributed by atoms with E-state index in [-0.39, 0.29) is 41.7 Å². The number of rotatable bonds is 4. The van der Waals surface area contributed by atoms with Crippen molar-refractivity contribution in [2.45, 2.75) is 52.0 Å². The van der Waals surface area contributed by atoms with E-state index in [9.17, 15) is 14.7 Å². The van der Waals surface area contributed by atoms with Gasteiger partial charge in [0, 0.05) is 12.7 Å². The van der Waals surface area contributed by atoms with Crippen LogP contribution < -0.4 is 16.2 Å². The number of pyridine rings is 1. The van der Waals surface area contributed by atoms with Gasteiger partial charge in [-0.2, -0.15) is 0 Å². The van der Waals surface area contributed by atoms with Crippen molar-refractivity contribution >= 4 is 36.4 Å². The summed E-state index contributed by atoms with van der Waals surface area (Å²) in [4.78, 5) is 26.0. The lowest BCUT2D eigenvalue weighted by Crippen LogP contribution is -2.36. The van der Waals surface area contributed by atoms with Crippen LogP contribution in [0.2, 0.25) is 0 Å². The largest absolute Gasteiger partial charge is 0.506 e. The molecular weight excluding hydrogens is 437 g/mol. The number of amides is 1. The zero-order valence-corrected chi connectivity index (χ0v) is 19.4. The lowest BCUT2D eigenvalue weighted by Gasteiger charge is -2.23. The van der Waals surface area contributed by atoms with Crippen molar-refractivity contribution in [3.8, 4) is 5.75 Å². The van der Waals surface area contributed by atoms with Gasteiger partial charge in [0.05, 0.1) is 5.69 Å². The average molecular weight is 468 g/mol. The number of hydrogen-bond donors (Lipinski definition) is 3. The normalized spacial score (nSPS) is 17.6. The van der Waals surface area contributed by atoms with E-state index in [2.05, 4.69) is 10.6 Å². The van der Waals surface area contributed by atoms with Crippen LogP contribution in [0.25, 0.3) is 0 Å². The number of aryl methyl sites for hydroxylation is 3. The van der Waals surface area contributed by atoms with E-state index in [1.165, 1.54) is 0 Å². The molecule has 1 fully saturated rings. The molecule has 0 radical (unpaired) electrons. The van der Waals surface area contributed by atoms with Gasteiger partial charge in [0.2, 0.25) is 0 Å². The number of aromatic hydroxyl groups is 1. The maximum atomic E-state index is 13.0. The second-order valence-corrected chi connectivity index (χ2v) is 8.34. The molecule has 2 aromatic rings. The third-order valence-corrected chi connectivity index (χ3v) is 6.16. The molecule has 4 rings (SSSR count). The summed E-state index contributed by atoms with van der Waals surface area (Å²) in [5, 5.41) is 16.5. The lowest BCUT2D eigenvalue weighted by atomic mass is 9.91. The fraction of sp³-hybridized carbons (Fsp3) is 0.478. The number of aromatic nitrogens is 1. The number of anilines is 1. The highest BCUT2D eigenvalue weighted by Crippen LogP contribution is 2.32. The summed E-state index contributed by atoms with van der Waals surface area (Å²) in [6, 6.07) is 5.42. The fourth-order valence-electron chi connectivity index (χ4n) is 4.50. The SMILES string of the molecule is Cc1ccn(CC2CCCNC2)c(=O)c1C(=O)Nc1cc2c(cc1O)CCCC2.Cl.Cl. The maximum absolute atomic E-state index is 13.0. The van der Waals surface area contributed by atoms with Gasteiger partial charge in [-0.15, -0.1) is 24.8 Å². The Balaban J connectivity index is 0.00000171. The molecule has 1 aliphatic heterocycles. The number of phenolic OH excluding ortho intramolecular Hbond substituents is 1. The standard InChI is InChI=1S/C23H29N3O3.2ClH/c1-15-8-10-26(14-16-5-4-9-24-13-16)23(29)21(15)22(28)25-19-11-17-6-2-3-7-18(17)12-20(19)27;;/h8,10-12,16,24,27H,2-7,9,13-14H2,1H3,(H,25,28);2*1H. The summed E-state index contributed by atoms with van der Waals surface area (Å²) < 4.78 is 1.65. The highest BCUT2D eigenvalue weighted by atomic mass is 35.5. The summed E-state index contributed by atoms with van der Waals surface area (Å²) in [5.74, 6) is -0.0133. The number of carbonyl (C=O) groups excluding carboxylic acids is 1. The zero-order valence-electron chi connectivity index (χ0n) is 17.8. The van der Waals surface area contributed by atoms with Gasteiger partial charge in [-0.25, -0.2) is 0 Å². The van der Waals surface area contributed by atoms with E-state index in [1.54, 1.807) is 23.8 Å². The number of phenols is 1. The van der Waals surface area contributed by atoms with E-state index in [0.717, 1.165) is 62.7 Å². The van der Waals surface area contributed by atoms with E-state index in [0.29, 0.717) is 23.7 Å². The highest BCUT2D eigenvalue weighted by Gasteiger charge is 2.21. The maximum Gasteiger partial charge on any atom is 0.263 e. The van der Waals surface area contributed by atoms with E-state index in [4.69, 9.17) is 0 Å². The first-order valence-electron chi connectivity index (χ1n) is 10.6. The molecule has 0 saturated carbocycles. The zero-order chi connectivity index (χ0) is 20.4. The molecular formula is C23H31Cl2N3O3. The predicted octanol–water partition coefficient (Wildman–Crippen LogP) is 3.84. The fourth-order valence-corrected chi connectivity index (χ4v) is 4.50. The highest BCUT2D eigenvalue weighted by molar-refractivity contribution is 6.05. The molecule has 1 aromatic heterocycles. The number of nitrogens with one attached hydrogen (secondary N) is 2. The van der Waals surface area contributed by atoms with E-state index in [1.807, 2.05) is 12.1 Å². The molecule has 2 heterocycles. The van der Waals surface area contributed by atoms with Crippen LogP contribution >= 0.6 is 24.8 Å². The van der Waals surface area contributed by atoms with Crippen LogP contribution in [0.4, 0.5) is 5.69 Å². The van der Waals surface area contributed by atoms with Crippen molar-refractivity contribution in [2.75, 3.05) is 18.4 Å². The minimum Gasteiger partial charge on any atom is -0.506 e. The van der Waals surface area contributed by atoms with Crippen LogP contribution in [0, 0.1) is 12.8 Å². The van der Waals surface area contributed by atoms with E-state index < -0.39 is 5.91 Å². The van der Waals surface area contributed by atoms with Crippen molar-refractivity contribution in [3.05, 3.63) is 57.0 Å². The molecule has 1 aromatic carbocycles. The molecule has 1 atom stereocenters. The van der Waals surface area contributed by atoms with Crippen molar-refractivity contribution in [1.29, 1.82) is 0 Å². The van der Waals surface area contributed by atoms with Gasteiger partial charge < -0.3 is 20.3 Å². The summed E-state index contributed by atoms with van der Waals surface area (Å²) in [6.07, 6.45) is 8.11. The predicted molar refractivity (Wildman–Crippen MR) is 128 cm³/mol. The topological polar surface area (TPSA) is 83.4 Å². The number of fused-ring (bicyclic) bond motifs is 1. The molecule has 31 heavy (non-hydrogen) atoms. The Bertz CT molecular complexity index is 985. The monoisotopic (exact) mass is 467 g/mol. The van der Waals surface area contributed by atoms with Gasteiger partial charge in [0.25, 0.3) is 11.5 Å². The summed E-state index contributed by atoms with van der Waals surface area (Å²) in [5.41, 5.74) is 3.20. The first kappa shape index (κ1) is 25.2. The molecule has 1 saturated heterocycles. The number of halogens is 2. The van der Waals surface area contributed by atoms with Gasteiger partial charge in [-0.3, -0.25) is 9.59 Å². The number of carbonyl (C=O) groups is 1. The smallest absolute Gasteiger partial charge is 0.263 e. The lowest BCUT2D eigenvalue weighted by molar-refractivity contribution is 0.102. The van der Waals surface area contributed by atoms with Crippen LogP contribution in [-0.4, -0.2) is 28.7 Å². The van der Waals surface area contributed by atoms with Crippen LogP contribution in [0.3, 0.4) is 0 Å². The summed E-state index contributed by atoms with van der Waals surface area (Å²) >= 11 is 0. The van der Waals surface area contributed by atoms with Crippen LogP contribution in [0.5, 0.6) is 5.75 Å². The van der Waals surface area contributed by atoms with E-state index >= 15 is 0 Å². The Labute approximate surface area is 195 Å². The Morgan fingerprint density at radius 1 is 1.19 bits per heavy atom. The number of benzene rings is 1. The molecule has 1 amide bonds. The first-order valence-corrected chi connectivity index (χ1v) is 10.6. The van der Waals surface area contributed by atoms with Gasteiger partial charge in [-0.05, 0) is 99.3 Å². The Hall–Kier alpha value is -2.02. The molecule has 1 unspecified atom stereocenters. The summed E-state index contributed by atoms with van der Waals surface area (Å²) in [7, 11) is 0. The first-order chi connectivity index (χ1) is 14.0. The molecule has 0 bridgehead atoms. The van der Waals surface area contributed by atoms with Gasteiger partial charge >= 0.3 is 0 Å². The van der Waals surface area contributed by atoms with Gasteiger partial charge in [0.1, 0.15) is 11.3 Å². The summed E-state index contributed by atoms with van der Waals surface area (Å²) in [6.45, 7) is 4.30. The second kappa shape index (κ2) is 11.0. The van der Waals surface area contributed by atoms with Crippen molar-refractivity contribution < 1.29 is 9.90 Å². The van der Waals surface area contributed by atoms with Crippen molar-refractivity contribution in [1.82, 2.24) is 9.88 Å². The van der Waals surface area contributed by atoms with Gasteiger partial charge in [-0.1, -0.05) is 0 Å². The molecule has 1 aliphatic carbocycles. The van der Waals surface area contributed by atoms with Crippen LogP contribution in [-0.2, 0) is 19.4 Å². The van der Waals surface area contributed by atoms with Crippen molar-refractivity contribution in [2.24, 2.45) is 5.92 Å². The number of hydrogen-bond acceptors (Lipinski definition) is 4. The molecule has 0 spiro atoms. The van der Waals surface area contributed by atoms with Crippen LogP contribution in [0.1, 0.15) is 52.7 Å². The van der Waals surface area contributed by atoms with Gasteiger partial charge in [0.15, 0.2) is 0 Å². The molecule has 8 heteroatoms. The average Bonchev–Trinajstić information content (AvgIpc) is 2.71. The second-order valence-electron chi connectivity index (χ2n) is 8.34. The minimum absolute atomic E-state index is 0. The third-order valence-electron chi connectivity index (χ3n) is 6.16. The Kier molecular flexibility index (Phi) is 8.98. The molecule has 2 aliphatic rings.